The summed E-state index contributed by atoms with van der Waals surface area (Å²) in [7, 11) is 6.21. The van der Waals surface area contributed by atoms with Crippen LogP contribution in [-0.4, -0.2) is 86.7 Å². The summed E-state index contributed by atoms with van der Waals surface area (Å²) >= 11 is 0. The van der Waals surface area contributed by atoms with Gasteiger partial charge in [0.25, 0.3) is 0 Å². The predicted octanol–water partition coefficient (Wildman–Crippen LogP) is 0.0676. The van der Waals surface area contributed by atoms with Gasteiger partial charge in [-0.15, -0.1) is 0 Å². The third kappa shape index (κ3) is 24.4. The maximum atomic E-state index is 8.56. The van der Waals surface area contributed by atoms with Crippen molar-refractivity contribution >= 4 is 6.16 Å². The van der Waals surface area contributed by atoms with Crippen LogP contribution in [0.5, 0.6) is 0 Å². The van der Waals surface area contributed by atoms with E-state index in [4.69, 9.17) is 25.5 Å². The van der Waals surface area contributed by atoms with Gasteiger partial charge in [-0.25, -0.2) is 4.79 Å². The summed E-state index contributed by atoms with van der Waals surface area (Å²) in [5.41, 5.74) is 5.42. The number of hydrogen-bond acceptors (Lipinski definition) is 5. The number of hydrogen-bond donors (Lipinski definition) is 3. The van der Waals surface area contributed by atoms with Gasteiger partial charge >= 0.3 is 6.16 Å². The summed E-state index contributed by atoms with van der Waals surface area (Å²) in [6.07, 6.45) is -0.770. The third-order valence-corrected chi connectivity index (χ3v) is 2.04. The van der Waals surface area contributed by atoms with Crippen molar-refractivity contribution in [2.75, 3.05) is 60.5 Å². The lowest BCUT2D eigenvalue weighted by Crippen LogP contribution is -2.27. The van der Waals surface area contributed by atoms with Crippen LogP contribution in [0.2, 0.25) is 0 Å². The molecule has 110 valence electrons. The molecule has 4 N–H and O–H groups in total. The molecule has 0 spiro atoms. The van der Waals surface area contributed by atoms with E-state index in [-0.39, 0.29) is 0 Å². The lowest BCUT2D eigenvalue weighted by atomic mass is 10.4. The summed E-state index contributed by atoms with van der Waals surface area (Å²) in [5.74, 6) is 0. The molecule has 0 saturated heterocycles. The fourth-order valence-electron chi connectivity index (χ4n) is 1.04. The molecule has 0 unspecified atom stereocenters. The zero-order valence-electron chi connectivity index (χ0n) is 11.6. The van der Waals surface area contributed by atoms with Crippen LogP contribution in [0.25, 0.3) is 0 Å². The van der Waals surface area contributed by atoms with E-state index in [9.17, 15) is 0 Å². The fourth-order valence-corrected chi connectivity index (χ4v) is 1.04. The van der Waals surface area contributed by atoms with Crippen molar-refractivity contribution in [2.24, 2.45) is 5.73 Å². The molecule has 7 heteroatoms. The first-order valence-electron chi connectivity index (χ1n) is 5.93. The molecule has 0 aliphatic heterocycles. The monoisotopic (exact) mass is 265 g/mol. The number of likely N-dealkylation sites (N-methyl/N-ethyl adjacent to an activating group) is 2. The average Bonchev–Trinajstić information content (AvgIpc) is 2.24. The van der Waals surface area contributed by atoms with Crippen molar-refractivity contribution in [2.45, 2.75) is 6.42 Å². The topological polar surface area (TPSA) is 99.3 Å². The Morgan fingerprint density at radius 2 is 1.61 bits per heavy atom. The van der Waals surface area contributed by atoms with E-state index in [1.165, 1.54) is 0 Å². The van der Waals surface area contributed by atoms with Crippen LogP contribution in [0, 0.1) is 0 Å². The summed E-state index contributed by atoms with van der Waals surface area (Å²) in [6.45, 7) is 5.45. The Balaban J connectivity index is 0. The minimum atomic E-state index is -1.83. The molecule has 7 nitrogen and oxygen atoms in total. The highest BCUT2D eigenvalue weighted by Crippen LogP contribution is 1.86. The van der Waals surface area contributed by atoms with E-state index in [0.29, 0.717) is 0 Å². The molecule has 0 aromatic carbocycles. The van der Waals surface area contributed by atoms with Crippen LogP contribution < -0.4 is 5.73 Å². The highest BCUT2D eigenvalue weighted by Gasteiger charge is 1.97. The maximum absolute atomic E-state index is 8.56. The molecule has 0 heterocycles. The smallest absolute Gasteiger partial charge is 0.450 e. The van der Waals surface area contributed by atoms with Gasteiger partial charge < -0.3 is 30.5 Å². The lowest BCUT2D eigenvalue weighted by Gasteiger charge is -2.16. The normalized spacial score (nSPS) is 10.3. The van der Waals surface area contributed by atoms with Crippen molar-refractivity contribution in [1.29, 1.82) is 0 Å². The van der Waals surface area contributed by atoms with E-state index in [2.05, 4.69) is 30.9 Å². The zero-order chi connectivity index (χ0) is 14.4. The van der Waals surface area contributed by atoms with Gasteiger partial charge in [0.1, 0.15) is 0 Å². The molecule has 0 bridgehead atoms. The highest BCUT2D eigenvalue weighted by atomic mass is 16.6. The van der Waals surface area contributed by atoms with Gasteiger partial charge in [-0.1, -0.05) is 0 Å². The molecule has 0 amide bonds. The molecule has 0 fully saturated rings. The minimum Gasteiger partial charge on any atom is -0.450 e. The lowest BCUT2D eigenvalue weighted by molar-refractivity contribution is 0.0987. The van der Waals surface area contributed by atoms with Gasteiger partial charge in [-0.3, -0.25) is 0 Å². The van der Waals surface area contributed by atoms with Gasteiger partial charge in [0.2, 0.25) is 0 Å². The van der Waals surface area contributed by atoms with Crippen LogP contribution in [-0.2, 0) is 4.74 Å². The maximum Gasteiger partial charge on any atom is 0.503 e. The van der Waals surface area contributed by atoms with Crippen LogP contribution in [0.1, 0.15) is 6.42 Å². The summed E-state index contributed by atoms with van der Waals surface area (Å²) in [5, 5.41) is 13.9. The number of ether oxygens (including phenoxy) is 1. The van der Waals surface area contributed by atoms with E-state index in [1.807, 2.05) is 0 Å². The van der Waals surface area contributed by atoms with Crippen LogP contribution in [0.4, 0.5) is 4.79 Å². The van der Waals surface area contributed by atoms with E-state index < -0.39 is 6.16 Å². The number of nitrogens with zero attached hydrogens (tertiary/aromatic N) is 2. The van der Waals surface area contributed by atoms with E-state index >= 15 is 0 Å². The van der Waals surface area contributed by atoms with Crippen molar-refractivity contribution in [3.05, 3.63) is 0 Å². The number of carboxylic acid groups (broad SMARTS) is 2. The molecule has 0 atom stereocenters. The molecule has 0 aliphatic rings. The van der Waals surface area contributed by atoms with Crippen LogP contribution in [0.15, 0.2) is 0 Å². The first-order valence-corrected chi connectivity index (χ1v) is 5.93. The Morgan fingerprint density at radius 3 is 2.06 bits per heavy atom. The molecular weight excluding hydrogens is 238 g/mol. The van der Waals surface area contributed by atoms with Crippen molar-refractivity contribution in [1.82, 2.24) is 9.80 Å². The molecule has 0 rings (SSSR count). The Labute approximate surface area is 109 Å². The second kappa shape index (κ2) is 14.2. The van der Waals surface area contributed by atoms with E-state index in [1.54, 1.807) is 0 Å². The first-order chi connectivity index (χ1) is 8.40. The molecule has 0 aromatic heterocycles. The summed E-state index contributed by atoms with van der Waals surface area (Å²) in [4.78, 5) is 12.9. The van der Waals surface area contributed by atoms with Crippen LogP contribution >= 0.6 is 0 Å². The Hall–Kier alpha value is -0.890. The Morgan fingerprint density at radius 1 is 1.11 bits per heavy atom. The molecule has 0 saturated carbocycles. The minimum absolute atomic E-state index is 0.770. The second-order valence-corrected chi connectivity index (χ2v) is 4.14. The second-order valence-electron chi connectivity index (χ2n) is 4.14. The van der Waals surface area contributed by atoms with Gasteiger partial charge in [0, 0.05) is 13.1 Å². The zero-order valence-corrected chi connectivity index (χ0v) is 11.6. The van der Waals surface area contributed by atoms with Gasteiger partial charge in [-0.2, -0.15) is 0 Å². The summed E-state index contributed by atoms with van der Waals surface area (Å²) in [6, 6.07) is 0. The number of carbonyl (C=O) groups is 1. The average molecular weight is 265 g/mol. The number of nitrogens with two attached hydrogens (primary N) is 1. The van der Waals surface area contributed by atoms with Gasteiger partial charge in [-0.05, 0) is 40.7 Å². The molecule has 0 radical (unpaired) electrons. The van der Waals surface area contributed by atoms with Gasteiger partial charge in [0.15, 0.2) is 0 Å². The summed E-state index contributed by atoms with van der Waals surface area (Å²) < 4.78 is 5.48. The first kappa shape index (κ1) is 19.4. The van der Waals surface area contributed by atoms with Crippen molar-refractivity contribution < 1.29 is 19.7 Å². The quantitative estimate of drug-likeness (QED) is 0.507. The SMILES string of the molecule is CN(C)CCOCCN(C)CCCN.O=C(O)O. The predicted molar refractivity (Wildman–Crippen MR) is 71.2 cm³/mol. The largest absolute Gasteiger partial charge is 0.503 e. The molecule has 0 aromatic rings. The van der Waals surface area contributed by atoms with Crippen molar-refractivity contribution in [3.8, 4) is 0 Å². The van der Waals surface area contributed by atoms with Crippen LogP contribution in [0.3, 0.4) is 0 Å². The molecular formula is C11H27N3O4. The Bertz CT molecular complexity index is 187. The highest BCUT2D eigenvalue weighted by molar-refractivity contribution is 5.53. The number of rotatable bonds is 9. The van der Waals surface area contributed by atoms with E-state index in [0.717, 1.165) is 45.8 Å². The standard InChI is InChI=1S/C10H25N3O.CH2O3/c1-12(2)7-9-14-10-8-13(3)6-4-5-11;2-1(3)4/h4-11H2,1-3H3;(H2,2,3,4). The Kier molecular flexibility index (Phi) is 15.3. The molecule has 0 aliphatic carbocycles. The fraction of sp³-hybridized carbons (Fsp3) is 0.909. The van der Waals surface area contributed by atoms with Crippen molar-refractivity contribution in [3.63, 3.8) is 0 Å². The molecule has 18 heavy (non-hydrogen) atoms. The third-order valence-electron chi connectivity index (χ3n) is 2.04. The van der Waals surface area contributed by atoms with Gasteiger partial charge in [0.05, 0.1) is 13.2 Å².